The van der Waals surface area contributed by atoms with Gasteiger partial charge in [-0.1, -0.05) is 24.3 Å². The van der Waals surface area contributed by atoms with Crippen molar-refractivity contribution < 1.29 is 9.50 Å². The van der Waals surface area contributed by atoms with E-state index in [4.69, 9.17) is 5.26 Å². The fourth-order valence-corrected chi connectivity index (χ4v) is 2.54. The first kappa shape index (κ1) is 17.9. The topological polar surface area (TPSA) is 47.3 Å². The number of aliphatic hydroxyl groups excluding tert-OH is 1. The molecule has 4 heteroatoms. The average molecular weight is 324 g/mol. The number of hydrogen-bond donors (Lipinski definition) is 1. The second kappa shape index (κ2) is 8.39. The van der Waals surface area contributed by atoms with Gasteiger partial charge in [-0.05, 0) is 67.0 Å². The normalized spacial score (nSPS) is 11.6. The molecule has 0 spiro atoms. The average Bonchev–Trinajstić information content (AvgIpc) is 2.59. The molecule has 0 amide bonds. The molecule has 0 atom stereocenters. The summed E-state index contributed by atoms with van der Waals surface area (Å²) in [5.74, 6) is -0.284. The molecule has 124 valence electrons. The summed E-state index contributed by atoms with van der Waals surface area (Å²) in [5.41, 5.74) is 3.88. The number of nitrogens with zero attached hydrogens (tertiary/aromatic N) is 2. The lowest BCUT2D eigenvalue weighted by Gasteiger charge is -2.14. The molecule has 0 radical (unpaired) electrons. The molecule has 0 bridgehead atoms. The Kier molecular flexibility index (Phi) is 6.25. The van der Waals surface area contributed by atoms with Gasteiger partial charge in [-0.15, -0.1) is 0 Å². The quantitative estimate of drug-likeness (QED) is 0.883. The van der Waals surface area contributed by atoms with Crippen molar-refractivity contribution in [3.05, 3.63) is 76.6 Å². The van der Waals surface area contributed by atoms with E-state index >= 15 is 0 Å². The van der Waals surface area contributed by atoms with Gasteiger partial charge in [-0.3, -0.25) is 0 Å². The Balaban J connectivity index is 2.50. The molecule has 0 aliphatic carbocycles. The predicted molar refractivity (Wildman–Crippen MR) is 93.7 cm³/mol. The van der Waals surface area contributed by atoms with Gasteiger partial charge >= 0.3 is 0 Å². The van der Waals surface area contributed by atoms with Crippen molar-refractivity contribution >= 4 is 5.57 Å². The number of halogens is 1. The third-order valence-corrected chi connectivity index (χ3v) is 3.77. The first-order valence-electron chi connectivity index (χ1n) is 7.80. The third kappa shape index (κ3) is 4.51. The molecule has 0 unspecified atom stereocenters. The fourth-order valence-electron chi connectivity index (χ4n) is 2.54. The Morgan fingerprint density at radius 1 is 1.21 bits per heavy atom. The Labute approximate surface area is 142 Å². The molecule has 0 saturated carbocycles. The molecular formula is C20H21FN2O. The van der Waals surface area contributed by atoms with E-state index in [1.807, 2.05) is 20.2 Å². The molecule has 2 aromatic rings. The van der Waals surface area contributed by atoms with E-state index in [0.29, 0.717) is 11.1 Å². The molecule has 0 aromatic heterocycles. The van der Waals surface area contributed by atoms with Crippen LogP contribution in [0.5, 0.6) is 0 Å². The molecule has 24 heavy (non-hydrogen) atoms. The lowest BCUT2D eigenvalue weighted by Crippen LogP contribution is -2.12. The van der Waals surface area contributed by atoms with E-state index in [1.165, 1.54) is 12.1 Å². The van der Waals surface area contributed by atoms with Crippen LogP contribution in [-0.4, -0.2) is 30.6 Å². The molecule has 2 rings (SSSR count). The van der Waals surface area contributed by atoms with Crippen LogP contribution < -0.4 is 0 Å². The molecule has 3 nitrogen and oxygen atoms in total. The van der Waals surface area contributed by atoms with Gasteiger partial charge in [-0.2, -0.15) is 5.26 Å². The Bertz CT molecular complexity index is 758. The van der Waals surface area contributed by atoms with Gasteiger partial charge in [0.1, 0.15) is 5.82 Å². The zero-order valence-corrected chi connectivity index (χ0v) is 14.0. The summed E-state index contributed by atoms with van der Waals surface area (Å²) in [6.07, 6.45) is 2.92. The maximum absolute atomic E-state index is 13.3. The molecule has 0 heterocycles. The van der Waals surface area contributed by atoms with Gasteiger partial charge < -0.3 is 10.0 Å². The first-order valence-corrected chi connectivity index (χ1v) is 7.80. The Morgan fingerprint density at radius 2 is 1.92 bits per heavy atom. The Hall–Kier alpha value is -2.48. The van der Waals surface area contributed by atoms with Crippen LogP contribution in [0.25, 0.3) is 5.57 Å². The minimum Gasteiger partial charge on any atom is -0.392 e. The van der Waals surface area contributed by atoms with Crippen LogP contribution in [0.3, 0.4) is 0 Å². The van der Waals surface area contributed by atoms with Crippen molar-refractivity contribution in [3.8, 4) is 6.07 Å². The lowest BCUT2D eigenvalue weighted by atomic mass is 9.92. The summed E-state index contributed by atoms with van der Waals surface area (Å²) in [6.45, 7) is 0.729. The van der Waals surface area contributed by atoms with E-state index in [0.717, 1.165) is 29.7 Å². The van der Waals surface area contributed by atoms with Crippen LogP contribution in [-0.2, 0) is 6.61 Å². The van der Waals surface area contributed by atoms with Gasteiger partial charge in [0.05, 0.1) is 18.2 Å². The van der Waals surface area contributed by atoms with Gasteiger partial charge in [0, 0.05) is 6.54 Å². The molecule has 0 saturated heterocycles. The minimum atomic E-state index is -0.284. The number of rotatable bonds is 6. The smallest absolute Gasteiger partial charge is 0.123 e. The van der Waals surface area contributed by atoms with Crippen molar-refractivity contribution in [2.75, 3.05) is 20.6 Å². The zero-order valence-electron chi connectivity index (χ0n) is 14.0. The van der Waals surface area contributed by atoms with Crippen molar-refractivity contribution in [2.45, 2.75) is 13.0 Å². The zero-order chi connectivity index (χ0) is 17.5. The second-order valence-corrected chi connectivity index (χ2v) is 5.86. The van der Waals surface area contributed by atoms with E-state index in [-0.39, 0.29) is 12.4 Å². The van der Waals surface area contributed by atoms with Gasteiger partial charge in [-0.25, -0.2) is 4.39 Å². The molecule has 1 N–H and O–H groups in total. The molecule has 0 fully saturated rings. The summed E-state index contributed by atoms with van der Waals surface area (Å²) >= 11 is 0. The highest BCUT2D eigenvalue weighted by molar-refractivity contribution is 5.81. The minimum absolute atomic E-state index is 0.156. The Morgan fingerprint density at radius 3 is 2.50 bits per heavy atom. The number of aliphatic hydroxyl groups is 1. The summed E-state index contributed by atoms with van der Waals surface area (Å²) < 4.78 is 13.3. The third-order valence-electron chi connectivity index (χ3n) is 3.77. The first-order chi connectivity index (χ1) is 11.5. The number of hydrogen-bond acceptors (Lipinski definition) is 3. The second-order valence-electron chi connectivity index (χ2n) is 5.86. The highest BCUT2D eigenvalue weighted by Gasteiger charge is 2.11. The van der Waals surface area contributed by atoms with Crippen molar-refractivity contribution in [3.63, 3.8) is 0 Å². The summed E-state index contributed by atoms with van der Waals surface area (Å²) in [5, 5.41) is 18.7. The lowest BCUT2D eigenvalue weighted by molar-refractivity contribution is 0.281. The van der Waals surface area contributed by atoms with Crippen LogP contribution in [0.15, 0.2) is 48.5 Å². The standard InChI is InChI=1S/C20H21FN2O/c1-23(2)11-3-4-19(16-6-8-18(21)9-7-16)20-10-5-15(13-22)12-17(20)14-24/h4-10,12,24H,3,11,14H2,1-2H3/b19-4+. The van der Waals surface area contributed by atoms with Crippen molar-refractivity contribution in [2.24, 2.45) is 0 Å². The maximum atomic E-state index is 13.3. The molecule has 0 aliphatic heterocycles. The van der Waals surface area contributed by atoms with Crippen LogP contribution >= 0.6 is 0 Å². The van der Waals surface area contributed by atoms with E-state index in [1.54, 1.807) is 24.3 Å². The molecule has 2 aromatic carbocycles. The number of benzene rings is 2. The van der Waals surface area contributed by atoms with Crippen LogP contribution in [0.2, 0.25) is 0 Å². The summed E-state index contributed by atoms with van der Waals surface area (Å²) in [4.78, 5) is 2.09. The van der Waals surface area contributed by atoms with Crippen LogP contribution in [0, 0.1) is 17.1 Å². The van der Waals surface area contributed by atoms with Gasteiger partial charge in [0.25, 0.3) is 0 Å². The number of nitriles is 1. The molecular weight excluding hydrogens is 303 g/mol. The maximum Gasteiger partial charge on any atom is 0.123 e. The largest absolute Gasteiger partial charge is 0.392 e. The van der Waals surface area contributed by atoms with Crippen molar-refractivity contribution in [1.29, 1.82) is 5.26 Å². The monoisotopic (exact) mass is 324 g/mol. The summed E-state index contributed by atoms with van der Waals surface area (Å²) in [7, 11) is 4.01. The van der Waals surface area contributed by atoms with E-state index < -0.39 is 0 Å². The highest BCUT2D eigenvalue weighted by atomic mass is 19.1. The summed E-state index contributed by atoms with van der Waals surface area (Å²) in [6, 6.07) is 13.7. The van der Waals surface area contributed by atoms with Crippen molar-refractivity contribution in [1.82, 2.24) is 4.90 Å². The molecule has 0 aliphatic rings. The predicted octanol–water partition coefficient (Wildman–Crippen LogP) is 3.57. The SMILES string of the molecule is CN(C)CC/C=C(\c1ccc(F)cc1)c1ccc(C#N)cc1CO. The van der Waals surface area contributed by atoms with Crippen LogP contribution in [0.1, 0.15) is 28.7 Å². The fraction of sp³-hybridized carbons (Fsp3) is 0.250. The highest BCUT2D eigenvalue weighted by Crippen LogP contribution is 2.28. The van der Waals surface area contributed by atoms with Gasteiger partial charge in [0.2, 0.25) is 0 Å². The van der Waals surface area contributed by atoms with E-state index in [2.05, 4.69) is 17.0 Å². The van der Waals surface area contributed by atoms with Gasteiger partial charge in [0.15, 0.2) is 0 Å². The van der Waals surface area contributed by atoms with E-state index in [9.17, 15) is 9.50 Å². The van der Waals surface area contributed by atoms with Crippen LogP contribution in [0.4, 0.5) is 4.39 Å².